The van der Waals surface area contributed by atoms with Gasteiger partial charge in [0.2, 0.25) is 10.0 Å². The SMILES string of the molecule is CCCS(=O)(=O)NCc1c(C)ncc2c1CCN(C(=O)c1csc(C(C)=O)c1)C2. The van der Waals surface area contributed by atoms with Crippen molar-refractivity contribution >= 4 is 33.1 Å². The molecule has 7 nitrogen and oxygen atoms in total. The monoisotopic (exact) mass is 435 g/mol. The van der Waals surface area contributed by atoms with Gasteiger partial charge < -0.3 is 4.90 Å². The van der Waals surface area contributed by atoms with E-state index < -0.39 is 10.0 Å². The summed E-state index contributed by atoms with van der Waals surface area (Å²) in [6, 6.07) is 1.65. The lowest BCUT2D eigenvalue weighted by Gasteiger charge is -2.30. The first-order chi connectivity index (χ1) is 13.7. The lowest BCUT2D eigenvalue weighted by atomic mass is 9.95. The maximum Gasteiger partial charge on any atom is 0.255 e. The van der Waals surface area contributed by atoms with Gasteiger partial charge in [0.05, 0.1) is 16.2 Å². The fourth-order valence-electron chi connectivity index (χ4n) is 3.47. The molecule has 3 heterocycles. The number of rotatable bonds is 7. The molecule has 1 N–H and O–H groups in total. The molecule has 1 amide bonds. The molecule has 0 aliphatic carbocycles. The minimum Gasteiger partial charge on any atom is -0.334 e. The van der Waals surface area contributed by atoms with Crippen LogP contribution in [0.5, 0.6) is 0 Å². The topological polar surface area (TPSA) is 96.4 Å². The van der Waals surface area contributed by atoms with Crippen molar-refractivity contribution in [1.82, 2.24) is 14.6 Å². The summed E-state index contributed by atoms with van der Waals surface area (Å²) in [6.45, 7) is 6.35. The fraction of sp³-hybridized carbons (Fsp3) is 0.450. The minimum atomic E-state index is -3.31. The second-order valence-electron chi connectivity index (χ2n) is 7.20. The van der Waals surface area contributed by atoms with Crippen molar-refractivity contribution in [2.24, 2.45) is 0 Å². The van der Waals surface area contributed by atoms with Gasteiger partial charge in [0.25, 0.3) is 5.91 Å². The highest BCUT2D eigenvalue weighted by Crippen LogP contribution is 2.26. The van der Waals surface area contributed by atoms with Crippen LogP contribution in [0.3, 0.4) is 0 Å². The van der Waals surface area contributed by atoms with Gasteiger partial charge in [-0.25, -0.2) is 13.1 Å². The molecule has 1 aliphatic rings. The number of aryl methyl sites for hydroxylation is 1. The van der Waals surface area contributed by atoms with Crippen LogP contribution in [0.15, 0.2) is 17.6 Å². The maximum absolute atomic E-state index is 12.8. The van der Waals surface area contributed by atoms with E-state index in [-0.39, 0.29) is 24.0 Å². The molecule has 0 bridgehead atoms. The van der Waals surface area contributed by atoms with Crippen LogP contribution < -0.4 is 4.72 Å². The number of sulfonamides is 1. The van der Waals surface area contributed by atoms with Crippen LogP contribution in [0.1, 0.15) is 62.7 Å². The van der Waals surface area contributed by atoms with E-state index in [1.807, 2.05) is 13.8 Å². The first kappa shape index (κ1) is 21.6. The average Bonchev–Trinajstić information content (AvgIpc) is 3.16. The lowest BCUT2D eigenvalue weighted by Crippen LogP contribution is -2.37. The summed E-state index contributed by atoms with van der Waals surface area (Å²) < 4.78 is 26.7. The molecule has 156 valence electrons. The van der Waals surface area contributed by atoms with Gasteiger partial charge in [-0.2, -0.15) is 0 Å². The van der Waals surface area contributed by atoms with Crippen LogP contribution in [-0.2, 0) is 29.5 Å². The van der Waals surface area contributed by atoms with Crippen LogP contribution in [0.25, 0.3) is 0 Å². The van der Waals surface area contributed by atoms with Crippen molar-refractivity contribution in [1.29, 1.82) is 0 Å². The lowest BCUT2D eigenvalue weighted by molar-refractivity contribution is 0.0734. The number of Topliss-reactive ketones (excluding diaryl/α,β-unsaturated/α-hetero) is 1. The van der Waals surface area contributed by atoms with Gasteiger partial charge in [0, 0.05) is 36.9 Å². The fourth-order valence-corrected chi connectivity index (χ4v) is 5.30. The number of carbonyl (C=O) groups is 2. The standard InChI is InChI=1S/C20H25N3O4S2/c1-4-7-29(26,27)22-10-18-13(2)21-9-16-11-23(6-5-17(16)18)20(25)15-8-19(14(3)24)28-12-15/h8-9,12,22H,4-7,10-11H2,1-3H3. The van der Waals surface area contributed by atoms with Gasteiger partial charge in [0.15, 0.2) is 5.78 Å². The number of nitrogens with one attached hydrogen (secondary N) is 1. The number of carbonyl (C=O) groups excluding carboxylic acids is 2. The molecule has 0 saturated heterocycles. The molecule has 0 saturated carbocycles. The van der Waals surface area contributed by atoms with E-state index in [1.54, 1.807) is 22.5 Å². The number of nitrogens with zero attached hydrogens (tertiary/aromatic N) is 2. The Labute approximate surface area is 175 Å². The van der Waals surface area contributed by atoms with Crippen LogP contribution in [0, 0.1) is 6.92 Å². The smallest absolute Gasteiger partial charge is 0.255 e. The number of ketones is 1. The van der Waals surface area contributed by atoms with E-state index >= 15 is 0 Å². The third-order valence-electron chi connectivity index (χ3n) is 5.02. The summed E-state index contributed by atoms with van der Waals surface area (Å²) in [5.74, 6) is -0.0577. The van der Waals surface area contributed by atoms with Crippen molar-refractivity contribution in [3.8, 4) is 0 Å². The molecule has 3 rings (SSSR count). The van der Waals surface area contributed by atoms with Gasteiger partial charge in [-0.15, -0.1) is 11.3 Å². The first-order valence-electron chi connectivity index (χ1n) is 9.54. The molecule has 0 radical (unpaired) electrons. The summed E-state index contributed by atoms with van der Waals surface area (Å²) in [5.41, 5.74) is 4.21. The highest BCUT2D eigenvalue weighted by atomic mass is 32.2. The van der Waals surface area contributed by atoms with E-state index in [0.717, 1.165) is 22.4 Å². The molecule has 0 atom stereocenters. The second-order valence-corrected chi connectivity index (χ2v) is 10.0. The normalized spacial score (nSPS) is 14.0. The Hall–Kier alpha value is -2.10. The van der Waals surface area contributed by atoms with Gasteiger partial charge in [-0.1, -0.05) is 6.92 Å². The third kappa shape index (κ3) is 4.91. The summed E-state index contributed by atoms with van der Waals surface area (Å²) in [5, 5.41) is 1.72. The Morgan fingerprint density at radius 2 is 2.10 bits per heavy atom. The Bertz CT molecular complexity index is 1040. The average molecular weight is 436 g/mol. The first-order valence-corrected chi connectivity index (χ1v) is 12.1. The van der Waals surface area contributed by atoms with Gasteiger partial charge in [-0.3, -0.25) is 14.6 Å². The van der Waals surface area contributed by atoms with Crippen molar-refractivity contribution in [2.45, 2.75) is 46.7 Å². The third-order valence-corrected chi connectivity index (χ3v) is 7.58. The zero-order valence-electron chi connectivity index (χ0n) is 16.8. The second kappa shape index (κ2) is 8.73. The zero-order valence-corrected chi connectivity index (χ0v) is 18.5. The van der Waals surface area contributed by atoms with Gasteiger partial charge >= 0.3 is 0 Å². The van der Waals surface area contributed by atoms with Crippen molar-refractivity contribution in [3.63, 3.8) is 0 Å². The number of hydrogen-bond acceptors (Lipinski definition) is 6. The van der Waals surface area contributed by atoms with Crippen LogP contribution >= 0.6 is 11.3 Å². The van der Waals surface area contributed by atoms with Gasteiger partial charge in [-0.05, 0) is 49.4 Å². The molecule has 2 aromatic rings. The molecule has 1 aliphatic heterocycles. The van der Waals surface area contributed by atoms with Crippen molar-refractivity contribution in [3.05, 3.63) is 50.5 Å². The predicted molar refractivity (Wildman–Crippen MR) is 113 cm³/mol. The number of fused-ring (bicyclic) bond motifs is 1. The van der Waals surface area contributed by atoms with E-state index in [1.165, 1.54) is 18.3 Å². The zero-order chi connectivity index (χ0) is 21.2. The molecule has 0 spiro atoms. The van der Waals surface area contributed by atoms with Crippen molar-refractivity contribution in [2.75, 3.05) is 12.3 Å². The molecular formula is C20H25N3O4S2. The Kier molecular flexibility index (Phi) is 6.50. The van der Waals surface area contributed by atoms with E-state index in [2.05, 4.69) is 9.71 Å². The maximum atomic E-state index is 12.8. The number of pyridine rings is 1. The largest absolute Gasteiger partial charge is 0.334 e. The van der Waals surface area contributed by atoms with E-state index in [0.29, 0.717) is 36.4 Å². The summed E-state index contributed by atoms with van der Waals surface area (Å²) in [4.78, 5) is 31.1. The van der Waals surface area contributed by atoms with E-state index in [9.17, 15) is 18.0 Å². The van der Waals surface area contributed by atoms with Gasteiger partial charge in [0.1, 0.15) is 0 Å². The van der Waals surface area contributed by atoms with Crippen LogP contribution in [0.4, 0.5) is 0 Å². The molecule has 9 heteroatoms. The van der Waals surface area contributed by atoms with Crippen molar-refractivity contribution < 1.29 is 18.0 Å². The molecular weight excluding hydrogens is 410 g/mol. The highest BCUT2D eigenvalue weighted by Gasteiger charge is 2.26. The number of amides is 1. The molecule has 0 fully saturated rings. The molecule has 29 heavy (non-hydrogen) atoms. The molecule has 0 aromatic carbocycles. The van der Waals surface area contributed by atoms with E-state index in [4.69, 9.17) is 0 Å². The summed E-state index contributed by atoms with van der Waals surface area (Å²) in [6.07, 6.45) is 2.96. The minimum absolute atomic E-state index is 0.0483. The van der Waals surface area contributed by atoms with Crippen LogP contribution in [-0.4, -0.2) is 42.3 Å². The summed E-state index contributed by atoms with van der Waals surface area (Å²) >= 11 is 1.28. The molecule has 0 unspecified atom stereocenters. The summed E-state index contributed by atoms with van der Waals surface area (Å²) in [7, 11) is -3.31. The Balaban J connectivity index is 1.78. The molecule has 2 aromatic heterocycles. The van der Waals surface area contributed by atoms with Crippen LogP contribution in [0.2, 0.25) is 0 Å². The quantitative estimate of drug-likeness (QED) is 0.675. The number of aromatic nitrogens is 1. The Morgan fingerprint density at radius 3 is 2.76 bits per heavy atom. The number of hydrogen-bond donors (Lipinski definition) is 1. The highest BCUT2D eigenvalue weighted by molar-refractivity contribution is 7.89. The number of thiophene rings is 1. The predicted octanol–water partition coefficient (Wildman–Crippen LogP) is 2.68. The Morgan fingerprint density at radius 1 is 1.34 bits per heavy atom.